The molecule has 2 aromatic carbocycles. The minimum absolute atomic E-state index is 0.299. The number of hydrogen-bond acceptors (Lipinski definition) is 4. The summed E-state index contributed by atoms with van der Waals surface area (Å²) in [4.78, 5) is 11.7. The fraction of sp³-hybridized carbons (Fsp3) is 0.350. The SMILES string of the molecule is C=C(C)C(=O)OC(CC)COc1ccc(OCC)c2ccccc12. The molecule has 0 heterocycles. The van der Waals surface area contributed by atoms with E-state index in [9.17, 15) is 4.79 Å². The summed E-state index contributed by atoms with van der Waals surface area (Å²) in [6, 6.07) is 11.7. The second kappa shape index (κ2) is 8.39. The van der Waals surface area contributed by atoms with Crippen LogP contribution < -0.4 is 9.47 Å². The lowest BCUT2D eigenvalue weighted by atomic mass is 10.1. The zero-order valence-electron chi connectivity index (χ0n) is 14.5. The Morgan fingerprint density at radius 1 is 1.04 bits per heavy atom. The maximum absolute atomic E-state index is 11.7. The smallest absolute Gasteiger partial charge is 0.333 e. The van der Waals surface area contributed by atoms with Crippen molar-refractivity contribution in [2.45, 2.75) is 33.3 Å². The van der Waals surface area contributed by atoms with Crippen LogP contribution in [0.15, 0.2) is 48.6 Å². The van der Waals surface area contributed by atoms with Crippen LogP contribution in [0.3, 0.4) is 0 Å². The molecule has 24 heavy (non-hydrogen) atoms. The summed E-state index contributed by atoms with van der Waals surface area (Å²) in [6.07, 6.45) is 0.369. The topological polar surface area (TPSA) is 44.8 Å². The van der Waals surface area contributed by atoms with Crippen LogP contribution in [0.4, 0.5) is 0 Å². The van der Waals surface area contributed by atoms with Gasteiger partial charge in [-0.2, -0.15) is 0 Å². The highest BCUT2D eigenvalue weighted by Gasteiger charge is 2.15. The number of rotatable bonds is 8. The molecule has 4 heteroatoms. The molecular formula is C20H24O4. The third-order valence-corrected chi connectivity index (χ3v) is 3.65. The van der Waals surface area contributed by atoms with Gasteiger partial charge in [-0.15, -0.1) is 0 Å². The summed E-state index contributed by atoms with van der Waals surface area (Å²) in [6.45, 7) is 10.1. The van der Waals surface area contributed by atoms with E-state index in [0.29, 0.717) is 25.2 Å². The van der Waals surface area contributed by atoms with E-state index in [2.05, 4.69) is 6.58 Å². The van der Waals surface area contributed by atoms with Gasteiger partial charge in [0.1, 0.15) is 24.2 Å². The van der Waals surface area contributed by atoms with Crippen LogP contribution in [0.25, 0.3) is 10.8 Å². The summed E-state index contributed by atoms with van der Waals surface area (Å²) >= 11 is 0. The van der Waals surface area contributed by atoms with Crippen LogP contribution in [-0.2, 0) is 9.53 Å². The molecule has 0 spiro atoms. The molecule has 1 atom stereocenters. The molecule has 0 amide bonds. The molecule has 0 aliphatic rings. The number of ether oxygens (including phenoxy) is 3. The van der Waals surface area contributed by atoms with E-state index in [1.54, 1.807) is 6.92 Å². The predicted octanol–water partition coefficient (Wildman–Crippen LogP) is 4.52. The zero-order chi connectivity index (χ0) is 17.5. The van der Waals surface area contributed by atoms with E-state index >= 15 is 0 Å². The van der Waals surface area contributed by atoms with Gasteiger partial charge in [-0.3, -0.25) is 0 Å². The summed E-state index contributed by atoms with van der Waals surface area (Å²) in [5, 5.41) is 1.98. The third kappa shape index (κ3) is 4.28. The van der Waals surface area contributed by atoms with Gasteiger partial charge in [-0.1, -0.05) is 37.8 Å². The second-order valence-electron chi connectivity index (χ2n) is 5.57. The summed E-state index contributed by atoms with van der Waals surface area (Å²) < 4.78 is 17.0. The van der Waals surface area contributed by atoms with Crippen molar-refractivity contribution in [3.05, 3.63) is 48.6 Å². The van der Waals surface area contributed by atoms with Gasteiger partial charge in [-0.25, -0.2) is 4.79 Å². The van der Waals surface area contributed by atoms with Crippen molar-refractivity contribution < 1.29 is 19.0 Å². The Bertz CT molecular complexity index is 721. The maximum atomic E-state index is 11.7. The van der Waals surface area contributed by atoms with Crippen LogP contribution >= 0.6 is 0 Å². The normalized spacial score (nSPS) is 11.8. The Labute approximate surface area is 143 Å². The first-order valence-electron chi connectivity index (χ1n) is 8.20. The van der Waals surface area contributed by atoms with E-state index in [4.69, 9.17) is 14.2 Å². The average Bonchev–Trinajstić information content (AvgIpc) is 2.59. The lowest BCUT2D eigenvalue weighted by Gasteiger charge is -2.18. The highest BCUT2D eigenvalue weighted by molar-refractivity contribution is 5.93. The van der Waals surface area contributed by atoms with Crippen LogP contribution in [0, 0.1) is 0 Å². The van der Waals surface area contributed by atoms with Gasteiger partial charge in [0.15, 0.2) is 0 Å². The van der Waals surface area contributed by atoms with E-state index < -0.39 is 0 Å². The number of esters is 1. The van der Waals surface area contributed by atoms with Crippen molar-refractivity contribution in [1.82, 2.24) is 0 Å². The van der Waals surface area contributed by atoms with Crippen molar-refractivity contribution in [3.8, 4) is 11.5 Å². The largest absolute Gasteiger partial charge is 0.493 e. The first-order valence-corrected chi connectivity index (χ1v) is 8.20. The molecule has 0 aliphatic carbocycles. The molecule has 4 nitrogen and oxygen atoms in total. The van der Waals surface area contributed by atoms with Crippen LogP contribution in [0.5, 0.6) is 11.5 Å². The zero-order valence-corrected chi connectivity index (χ0v) is 14.5. The first-order chi connectivity index (χ1) is 11.6. The van der Waals surface area contributed by atoms with E-state index in [1.807, 2.05) is 50.2 Å². The van der Waals surface area contributed by atoms with E-state index in [-0.39, 0.29) is 12.1 Å². The highest BCUT2D eigenvalue weighted by Crippen LogP contribution is 2.33. The molecular weight excluding hydrogens is 304 g/mol. The van der Waals surface area contributed by atoms with Crippen molar-refractivity contribution in [2.75, 3.05) is 13.2 Å². The van der Waals surface area contributed by atoms with Gasteiger partial charge in [0.2, 0.25) is 0 Å². The van der Waals surface area contributed by atoms with Gasteiger partial charge < -0.3 is 14.2 Å². The fourth-order valence-corrected chi connectivity index (χ4v) is 2.32. The Kier molecular flexibility index (Phi) is 6.24. The third-order valence-electron chi connectivity index (χ3n) is 3.65. The fourth-order valence-electron chi connectivity index (χ4n) is 2.32. The van der Waals surface area contributed by atoms with E-state index in [1.165, 1.54) is 0 Å². The summed E-state index contributed by atoms with van der Waals surface area (Å²) in [7, 11) is 0. The Hall–Kier alpha value is -2.49. The molecule has 0 N–H and O–H groups in total. The number of carbonyl (C=O) groups is 1. The van der Waals surface area contributed by atoms with Gasteiger partial charge >= 0.3 is 5.97 Å². The summed E-state index contributed by atoms with van der Waals surface area (Å²) in [5.41, 5.74) is 0.389. The molecule has 0 saturated carbocycles. The van der Waals surface area contributed by atoms with Gasteiger partial charge in [-0.05, 0) is 32.4 Å². The van der Waals surface area contributed by atoms with Crippen molar-refractivity contribution in [1.29, 1.82) is 0 Å². The quantitative estimate of drug-likeness (QED) is 0.528. The number of hydrogen-bond donors (Lipinski definition) is 0. The highest BCUT2D eigenvalue weighted by atomic mass is 16.6. The van der Waals surface area contributed by atoms with Crippen LogP contribution in [-0.4, -0.2) is 25.3 Å². The molecule has 0 radical (unpaired) electrons. The lowest BCUT2D eigenvalue weighted by Crippen LogP contribution is -2.24. The van der Waals surface area contributed by atoms with Gasteiger partial charge in [0.05, 0.1) is 6.61 Å². The Morgan fingerprint density at radius 2 is 1.62 bits per heavy atom. The number of fused-ring (bicyclic) bond motifs is 1. The van der Waals surface area contributed by atoms with Crippen LogP contribution in [0.2, 0.25) is 0 Å². The lowest BCUT2D eigenvalue weighted by molar-refractivity contribution is -0.145. The minimum Gasteiger partial charge on any atom is -0.493 e. The summed E-state index contributed by atoms with van der Waals surface area (Å²) in [5.74, 6) is 1.20. The molecule has 0 aliphatic heterocycles. The van der Waals surface area contributed by atoms with Gasteiger partial charge in [0, 0.05) is 16.3 Å². The predicted molar refractivity (Wildman–Crippen MR) is 95.6 cm³/mol. The molecule has 0 fully saturated rings. The Morgan fingerprint density at radius 3 is 2.12 bits per heavy atom. The van der Waals surface area contributed by atoms with Gasteiger partial charge in [0.25, 0.3) is 0 Å². The molecule has 1 unspecified atom stereocenters. The van der Waals surface area contributed by atoms with Crippen molar-refractivity contribution in [3.63, 3.8) is 0 Å². The number of carbonyl (C=O) groups excluding carboxylic acids is 1. The van der Waals surface area contributed by atoms with Crippen LogP contribution in [0.1, 0.15) is 27.2 Å². The Balaban J connectivity index is 2.16. The minimum atomic E-state index is -0.387. The van der Waals surface area contributed by atoms with E-state index in [0.717, 1.165) is 22.3 Å². The maximum Gasteiger partial charge on any atom is 0.333 e. The van der Waals surface area contributed by atoms with Crippen molar-refractivity contribution >= 4 is 16.7 Å². The molecule has 0 saturated heterocycles. The first kappa shape index (κ1) is 17.9. The van der Waals surface area contributed by atoms with Crippen molar-refractivity contribution in [2.24, 2.45) is 0 Å². The standard InChI is InChI=1S/C20H24O4/c1-5-15(24-20(21)14(3)4)13-23-19-12-11-18(22-6-2)16-9-7-8-10-17(16)19/h7-12,15H,3,5-6,13H2,1-2,4H3. The number of benzene rings is 2. The molecule has 0 aromatic heterocycles. The average molecular weight is 328 g/mol. The monoisotopic (exact) mass is 328 g/mol. The second-order valence-corrected chi connectivity index (χ2v) is 5.57. The molecule has 2 aromatic rings. The molecule has 0 bridgehead atoms. The molecule has 128 valence electrons. The molecule has 2 rings (SSSR count).